The standard InChI is InChI=1S/C74H136O6/c1-4-7-10-13-16-19-22-25-28-31-33-34-35-36-37-38-39-40-42-43-46-49-52-55-58-61-64-67-73(76)79-70-71(69-78-72(75)66-63-60-57-54-51-48-45-30-27-24-21-18-15-12-9-6-3)80-74(77)68-65-62-59-56-53-50-47-44-41-32-29-26-23-20-17-14-11-8-5-2/h22,25,30-31,33,35-36,45,71H,4-21,23-24,26-29,32,34,37-44,46-70H2,1-3H3/b25-22-,33-31-,36-35-,45-30-. The number of rotatable bonds is 66. The van der Waals surface area contributed by atoms with Crippen molar-refractivity contribution < 1.29 is 28.6 Å². The molecule has 0 fully saturated rings. The van der Waals surface area contributed by atoms with E-state index in [9.17, 15) is 14.4 Å². The molecule has 0 aliphatic rings. The predicted molar refractivity (Wildman–Crippen MR) is 349 cm³/mol. The summed E-state index contributed by atoms with van der Waals surface area (Å²) in [6, 6.07) is 0. The second kappa shape index (κ2) is 68.9. The van der Waals surface area contributed by atoms with Gasteiger partial charge in [0.1, 0.15) is 13.2 Å². The summed E-state index contributed by atoms with van der Waals surface area (Å²) in [7, 11) is 0. The molecule has 6 nitrogen and oxygen atoms in total. The monoisotopic (exact) mass is 1120 g/mol. The van der Waals surface area contributed by atoms with Gasteiger partial charge in [0.25, 0.3) is 0 Å². The molecule has 0 aromatic rings. The van der Waals surface area contributed by atoms with Gasteiger partial charge in [0.15, 0.2) is 6.10 Å². The Labute approximate surface area is 498 Å². The molecule has 80 heavy (non-hydrogen) atoms. The van der Waals surface area contributed by atoms with Crippen molar-refractivity contribution in [2.45, 2.75) is 393 Å². The van der Waals surface area contributed by atoms with Crippen LogP contribution in [0.25, 0.3) is 0 Å². The first kappa shape index (κ1) is 77.4. The molecule has 0 rings (SSSR count). The fourth-order valence-electron chi connectivity index (χ4n) is 10.7. The summed E-state index contributed by atoms with van der Waals surface area (Å²) in [6.07, 6.45) is 87.0. The third-order valence-electron chi connectivity index (χ3n) is 16.1. The molecule has 1 unspecified atom stereocenters. The van der Waals surface area contributed by atoms with Crippen LogP contribution < -0.4 is 0 Å². The van der Waals surface area contributed by atoms with E-state index in [1.54, 1.807) is 0 Å². The van der Waals surface area contributed by atoms with Crippen LogP contribution in [-0.4, -0.2) is 37.2 Å². The Morgan fingerprint density at radius 1 is 0.250 bits per heavy atom. The molecule has 0 N–H and O–H groups in total. The van der Waals surface area contributed by atoms with Crippen LogP contribution in [0.1, 0.15) is 387 Å². The quantitative estimate of drug-likeness (QED) is 0.0261. The van der Waals surface area contributed by atoms with Gasteiger partial charge in [0, 0.05) is 19.3 Å². The largest absolute Gasteiger partial charge is 0.462 e. The molecule has 0 saturated carbocycles. The Morgan fingerprint density at radius 3 is 0.713 bits per heavy atom. The van der Waals surface area contributed by atoms with Crippen LogP contribution in [0.3, 0.4) is 0 Å². The van der Waals surface area contributed by atoms with Crippen molar-refractivity contribution >= 4 is 17.9 Å². The highest BCUT2D eigenvalue weighted by atomic mass is 16.6. The van der Waals surface area contributed by atoms with Gasteiger partial charge in [-0.25, -0.2) is 0 Å². The SMILES string of the molecule is CCCCCCC/C=C\C/C=C\C/C=C\CCCCCCCCCCCCCCC(=O)OCC(COC(=O)CCCCCCC/C=C\CCCCCCCCC)OC(=O)CCCCCCCCCCCCCCCCCCCCC. The maximum absolute atomic E-state index is 13.0. The number of hydrogen-bond acceptors (Lipinski definition) is 6. The summed E-state index contributed by atoms with van der Waals surface area (Å²) in [5, 5.41) is 0. The Hall–Kier alpha value is -2.63. The summed E-state index contributed by atoms with van der Waals surface area (Å²) in [5.74, 6) is -0.854. The first-order valence-electron chi connectivity index (χ1n) is 35.6. The number of carbonyl (C=O) groups is 3. The van der Waals surface area contributed by atoms with Gasteiger partial charge < -0.3 is 14.2 Å². The first-order chi connectivity index (χ1) is 39.5. The molecular weight excluding hydrogens is 985 g/mol. The van der Waals surface area contributed by atoms with Gasteiger partial charge in [-0.15, -0.1) is 0 Å². The van der Waals surface area contributed by atoms with Crippen molar-refractivity contribution in [3.8, 4) is 0 Å². The maximum Gasteiger partial charge on any atom is 0.306 e. The summed E-state index contributed by atoms with van der Waals surface area (Å²) < 4.78 is 17.0. The molecule has 0 heterocycles. The molecule has 6 heteroatoms. The fraction of sp³-hybridized carbons (Fsp3) is 0.851. The van der Waals surface area contributed by atoms with E-state index >= 15 is 0 Å². The molecule has 0 spiro atoms. The van der Waals surface area contributed by atoms with Crippen LogP contribution in [0, 0.1) is 0 Å². The fourth-order valence-corrected chi connectivity index (χ4v) is 10.7. The molecule has 0 amide bonds. The van der Waals surface area contributed by atoms with Gasteiger partial charge in [-0.2, -0.15) is 0 Å². The predicted octanol–water partition coefficient (Wildman–Crippen LogP) is 24.5. The number of esters is 3. The van der Waals surface area contributed by atoms with Crippen molar-refractivity contribution in [3.05, 3.63) is 48.6 Å². The third-order valence-corrected chi connectivity index (χ3v) is 16.1. The number of hydrogen-bond donors (Lipinski definition) is 0. The van der Waals surface area contributed by atoms with Gasteiger partial charge in [-0.3, -0.25) is 14.4 Å². The Kier molecular flexibility index (Phi) is 66.6. The number of unbranched alkanes of at least 4 members (excludes halogenated alkanes) is 47. The summed E-state index contributed by atoms with van der Waals surface area (Å²) in [4.78, 5) is 38.5. The van der Waals surface area contributed by atoms with Gasteiger partial charge in [-0.05, 0) is 83.5 Å². The van der Waals surface area contributed by atoms with E-state index in [1.165, 1.54) is 270 Å². The molecule has 1 atom stereocenters. The summed E-state index contributed by atoms with van der Waals surface area (Å²) in [6.45, 7) is 6.69. The lowest BCUT2D eigenvalue weighted by atomic mass is 10.0. The number of ether oxygens (including phenoxy) is 3. The van der Waals surface area contributed by atoms with E-state index in [0.717, 1.165) is 77.0 Å². The zero-order chi connectivity index (χ0) is 57.8. The molecule has 0 aliphatic heterocycles. The Balaban J connectivity index is 4.28. The minimum Gasteiger partial charge on any atom is -0.462 e. The Morgan fingerprint density at radius 2 is 0.450 bits per heavy atom. The van der Waals surface area contributed by atoms with Crippen LogP contribution in [0.5, 0.6) is 0 Å². The molecule has 0 aromatic heterocycles. The van der Waals surface area contributed by atoms with Gasteiger partial charge in [0.05, 0.1) is 0 Å². The molecule has 0 aromatic carbocycles. The van der Waals surface area contributed by atoms with Gasteiger partial charge >= 0.3 is 17.9 Å². The second-order valence-electron chi connectivity index (χ2n) is 24.1. The maximum atomic E-state index is 13.0. The second-order valence-corrected chi connectivity index (χ2v) is 24.1. The van der Waals surface area contributed by atoms with Gasteiger partial charge in [-0.1, -0.05) is 333 Å². The molecular formula is C74H136O6. The average Bonchev–Trinajstić information content (AvgIpc) is 3.46. The summed E-state index contributed by atoms with van der Waals surface area (Å²) in [5.41, 5.74) is 0. The number of allylic oxidation sites excluding steroid dienone is 8. The normalized spacial score (nSPS) is 12.3. The lowest BCUT2D eigenvalue weighted by Gasteiger charge is -2.18. The van der Waals surface area contributed by atoms with Crippen LogP contribution >= 0.6 is 0 Å². The van der Waals surface area contributed by atoms with Crippen molar-refractivity contribution in [2.24, 2.45) is 0 Å². The lowest BCUT2D eigenvalue weighted by Crippen LogP contribution is -2.30. The zero-order valence-corrected chi connectivity index (χ0v) is 53.9. The molecule has 468 valence electrons. The van der Waals surface area contributed by atoms with Crippen LogP contribution in [0.15, 0.2) is 48.6 Å². The highest BCUT2D eigenvalue weighted by Crippen LogP contribution is 2.18. The average molecular weight is 1120 g/mol. The van der Waals surface area contributed by atoms with Crippen molar-refractivity contribution in [1.29, 1.82) is 0 Å². The van der Waals surface area contributed by atoms with Gasteiger partial charge in [0.2, 0.25) is 0 Å². The third kappa shape index (κ3) is 66.2. The molecule has 0 bridgehead atoms. The number of carbonyl (C=O) groups excluding carboxylic acids is 3. The minimum absolute atomic E-state index is 0.0722. The zero-order valence-electron chi connectivity index (χ0n) is 53.9. The summed E-state index contributed by atoms with van der Waals surface area (Å²) >= 11 is 0. The van der Waals surface area contributed by atoms with E-state index < -0.39 is 6.10 Å². The highest BCUT2D eigenvalue weighted by Gasteiger charge is 2.19. The van der Waals surface area contributed by atoms with Crippen LogP contribution in [-0.2, 0) is 28.6 Å². The van der Waals surface area contributed by atoms with Crippen molar-refractivity contribution in [2.75, 3.05) is 13.2 Å². The molecule has 0 saturated heterocycles. The highest BCUT2D eigenvalue weighted by molar-refractivity contribution is 5.71. The lowest BCUT2D eigenvalue weighted by molar-refractivity contribution is -0.167. The Bertz CT molecular complexity index is 1380. The van der Waals surface area contributed by atoms with E-state index in [-0.39, 0.29) is 31.1 Å². The van der Waals surface area contributed by atoms with Crippen LogP contribution in [0.2, 0.25) is 0 Å². The van der Waals surface area contributed by atoms with Crippen LogP contribution in [0.4, 0.5) is 0 Å². The van der Waals surface area contributed by atoms with E-state index in [0.29, 0.717) is 19.3 Å². The van der Waals surface area contributed by atoms with E-state index in [4.69, 9.17) is 14.2 Å². The van der Waals surface area contributed by atoms with Crippen molar-refractivity contribution in [3.63, 3.8) is 0 Å². The van der Waals surface area contributed by atoms with Crippen molar-refractivity contribution in [1.82, 2.24) is 0 Å². The first-order valence-corrected chi connectivity index (χ1v) is 35.6. The smallest absolute Gasteiger partial charge is 0.306 e. The minimum atomic E-state index is -0.776. The topological polar surface area (TPSA) is 78.9 Å². The molecule has 0 aliphatic carbocycles. The molecule has 0 radical (unpaired) electrons. The van der Waals surface area contributed by atoms with E-state index in [2.05, 4.69) is 69.4 Å². The van der Waals surface area contributed by atoms with E-state index in [1.807, 2.05) is 0 Å².